The highest BCUT2D eigenvalue weighted by atomic mass is 79.9. The minimum absolute atomic E-state index is 0.129. The van der Waals surface area contributed by atoms with E-state index in [2.05, 4.69) is 29.8 Å². The van der Waals surface area contributed by atoms with Crippen LogP contribution in [0.2, 0.25) is 0 Å². The molecule has 3 aromatic carbocycles. The first-order chi connectivity index (χ1) is 15.2. The molecule has 4 nitrogen and oxygen atoms in total. The van der Waals surface area contributed by atoms with Crippen LogP contribution in [0.25, 0.3) is 0 Å². The highest BCUT2D eigenvalue weighted by Gasteiger charge is 2.65. The summed E-state index contributed by atoms with van der Waals surface area (Å²) in [7, 11) is -4.02. The summed E-state index contributed by atoms with van der Waals surface area (Å²) in [5, 5.41) is 0. The van der Waals surface area contributed by atoms with Crippen molar-refractivity contribution in [2.75, 3.05) is 0 Å². The van der Waals surface area contributed by atoms with Gasteiger partial charge in [-0.05, 0) is 54.7 Å². The minimum Gasteiger partial charge on any atom is -0.273 e. The summed E-state index contributed by atoms with van der Waals surface area (Å²) in [4.78, 5) is 14.0. The molecule has 0 saturated carbocycles. The monoisotopic (exact) mass is 511 g/mol. The number of carbonyl (C=O) groups is 1. The molecule has 166 valence electrons. The van der Waals surface area contributed by atoms with E-state index in [9.17, 15) is 13.2 Å². The number of hydrogen-bond donors (Lipinski definition) is 0. The third kappa shape index (κ3) is 3.69. The predicted octanol–water partition coefficient (Wildman–Crippen LogP) is 6.01. The van der Waals surface area contributed by atoms with E-state index in [1.54, 1.807) is 24.3 Å². The summed E-state index contributed by atoms with van der Waals surface area (Å²) in [6.45, 7) is 6.03. The largest absolute Gasteiger partial charge is 0.273 e. The molecule has 0 radical (unpaired) electrons. The molecule has 0 spiro atoms. The zero-order chi connectivity index (χ0) is 23.1. The third-order valence-corrected chi connectivity index (χ3v) is 8.36. The molecule has 0 unspecified atom stereocenters. The van der Waals surface area contributed by atoms with Crippen LogP contribution < -0.4 is 0 Å². The molecule has 1 saturated heterocycles. The van der Waals surface area contributed by atoms with Gasteiger partial charge in [0.2, 0.25) is 5.91 Å². The summed E-state index contributed by atoms with van der Waals surface area (Å²) >= 11 is 3.46. The molecule has 0 bridgehead atoms. The normalized spacial score (nSPS) is 21.0. The van der Waals surface area contributed by atoms with Crippen molar-refractivity contribution in [2.45, 2.75) is 43.5 Å². The molecule has 32 heavy (non-hydrogen) atoms. The Bertz CT molecular complexity index is 1220. The quantitative estimate of drug-likeness (QED) is 0.380. The third-order valence-electron chi connectivity index (χ3n) is 6.07. The maximum Gasteiger partial charge on any atom is 0.267 e. The van der Waals surface area contributed by atoms with Gasteiger partial charge in [-0.1, -0.05) is 89.9 Å². The SMILES string of the molecule is Cc1ccc(S(=O)(=O)N2C(=O)[C@@](CC(C)C)(c3ccccc3)[C@H]2c2ccc(Br)cc2)cc1. The van der Waals surface area contributed by atoms with Crippen molar-refractivity contribution in [3.8, 4) is 0 Å². The molecule has 1 amide bonds. The van der Waals surface area contributed by atoms with E-state index in [1.807, 2.05) is 61.5 Å². The molecule has 6 heteroatoms. The Kier molecular flexibility index (Phi) is 6.03. The second-order valence-electron chi connectivity index (χ2n) is 8.81. The minimum atomic E-state index is -4.02. The highest BCUT2D eigenvalue weighted by molar-refractivity contribution is 9.10. The van der Waals surface area contributed by atoms with Crippen LogP contribution in [0.5, 0.6) is 0 Å². The summed E-state index contributed by atoms with van der Waals surface area (Å²) in [6, 6.07) is 23.2. The standard InChI is InChI=1S/C26H26BrNO3S/c1-18(2)17-26(21-7-5-4-6-8-21)24(20-11-13-22(27)14-12-20)28(25(26)29)32(30,31)23-15-9-19(3)10-16-23/h4-16,18,24H,17H2,1-3H3/t24-,26+/m1/s1. The number of β-lactam (4-membered cyclic amide) rings is 1. The van der Waals surface area contributed by atoms with Gasteiger partial charge in [-0.2, -0.15) is 0 Å². The molecular weight excluding hydrogens is 486 g/mol. The van der Waals surface area contributed by atoms with E-state index >= 15 is 0 Å². The second-order valence-corrected chi connectivity index (χ2v) is 11.5. The van der Waals surface area contributed by atoms with Crippen molar-refractivity contribution in [1.29, 1.82) is 0 Å². The molecule has 0 N–H and O–H groups in total. The Morgan fingerprint density at radius 2 is 1.53 bits per heavy atom. The fraction of sp³-hybridized carbons (Fsp3) is 0.269. The molecule has 0 aromatic heterocycles. The number of amides is 1. The lowest BCUT2D eigenvalue weighted by molar-refractivity contribution is -0.152. The lowest BCUT2D eigenvalue weighted by atomic mass is 9.61. The molecule has 1 heterocycles. The Morgan fingerprint density at radius 3 is 2.09 bits per heavy atom. The number of aryl methyl sites for hydroxylation is 1. The van der Waals surface area contributed by atoms with Gasteiger partial charge in [0, 0.05) is 4.47 Å². The van der Waals surface area contributed by atoms with Crippen molar-refractivity contribution in [3.63, 3.8) is 0 Å². The Hall–Kier alpha value is -2.44. The van der Waals surface area contributed by atoms with Gasteiger partial charge in [0.05, 0.1) is 10.9 Å². The van der Waals surface area contributed by atoms with Crippen LogP contribution in [-0.4, -0.2) is 18.6 Å². The van der Waals surface area contributed by atoms with E-state index in [0.29, 0.717) is 6.42 Å². The van der Waals surface area contributed by atoms with Gasteiger partial charge in [-0.3, -0.25) is 4.79 Å². The number of halogens is 1. The summed E-state index contributed by atoms with van der Waals surface area (Å²) < 4.78 is 29.4. The lowest BCUT2D eigenvalue weighted by Crippen LogP contribution is -2.67. The van der Waals surface area contributed by atoms with Crippen LogP contribution in [0.3, 0.4) is 0 Å². The van der Waals surface area contributed by atoms with Crippen molar-refractivity contribution < 1.29 is 13.2 Å². The van der Waals surface area contributed by atoms with Crippen LogP contribution in [0, 0.1) is 12.8 Å². The average molecular weight is 512 g/mol. The molecule has 1 aliphatic heterocycles. The second kappa shape index (κ2) is 8.49. The van der Waals surface area contributed by atoms with Crippen molar-refractivity contribution in [1.82, 2.24) is 4.31 Å². The maximum atomic E-state index is 13.9. The number of hydrogen-bond acceptors (Lipinski definition) is 3. The van der Waals surface area contributed by atoms with Crippen LogP contribution in [-0.2, 0) is 20.2 Å². The first-order valence-corrected chi connectivity index (χ1v) is 12.9. The number of carbonyl (C=O) groups excluding carboxylic acids is 1. The molecule has 0 aliphatic carbocycles. The van der Waals surface area contributed by atoms with Gasteiger partial charge in [0.1, 0.15) is 5.41 Å². The van der Waals surface area contributed by atoms with Crippen molar-refractivity contribution >= 4 is 31.9 Å². The predicted molar refractivity (Wildman–Crippen MR) is 130 cm³/mol. The number of nitrogens with zero attached hydrogens (tertiary/aromatic N) is 1. The molecule has 1 aliphatic rings. The number of sulfonamides is 1. The van der Waals surface area contributed by atoms with Crippen LogP contribution in [0.4, 0.5) is 0 Å². The van der Waals surface area contributed by atoms with E-state index in [0.717, 1.165) is 25.5 Å². The van der Waals surface area contributed by atoms with Gasteiger partial charge in [0.15, 0.2) is 0 Å². The zero-order valence-corrected chi connectivity index (χ0v) is 20.7. The van der Waals surface area contributed by atoms with Crippen LogP contribution in [0.15, 0.2) is 88.2 Å². The molecule has 2 atom stereocenters. The first-order valence-electron chi connectivity index (χ1n) is 10.6. The number of benzene rings is 3. The van der Waals surface area contributed by atoms with Gasteiger partial charge < -0.3 is 0 Å². The van der Waals surface area contributed by atoms with E-state index < -0.39 is 21.5 Å². The Labute approximate surface area is 198 Å². The maximum absolute atomic E-state index is 13.9. The van der Waals surface area contributed by atoms with Gasteiger partial charge in [0.25, 0.3) is 10.0 Å². The van der Waals surface area contributed by atoms with Crippen LogP contribution >= 0.6 is 15.9 Å². The molecule has 3 aromatic rings. The smallest absolute Gasteiger partial charge is 0.267 e. The molecular formula is C26H26BrNO3S. The number of rotatable bonds is 6. The average Bonchev–Trinajstić information content (AvgIpc) is 2.77. The van der Waals surface area contributed by atoms with E-state index in [1.165, 1.54) is 0 Å². The Balaban J connectivity index is 1.92. The lowest BCUT2D eigenvalue weighted by Gasteiger charge is -2.56. The Morgan fingerprint density at radius 1 is 0.938 bits per heavy atom. The fourth-order valence-electron chi connectivity index (χ4n) is 4.68. The van der Waals surface area contributed by atoms with E-state index in [4.69, 9.17) is 0 Å². The van der Waals surface area contributed by atoms with Gasteiger partial charge in [-0.25, -0.2) is 12.7 Å². The topological polar surface area (TPSA) is 54.5 Å². The van der Waals surface area contributed by atoms with Gasteiger partial charge in [-0.15, -0.1) is 0 Å². The molecule has 1 fully saturated rings. The summed E-state index contributed by atoms with van der Waals surface area (Å²) in [6.07, 6.45) is 0.552. The first kappa shape index (κ1) is 22.7. The summed E-state index contributed by atoms with van der Waals surface area (Å²) in [5.74, 6) is -0.174. The van der Waals surface area contributed by atoms with Crippen molar-refractivity contribution in [3.05, 3.63) is 100 Å². The molecule has 4 rings (SSSR count). The zero-order valence-electron chi connectivity index (χ0n) is 18.3. The van der Waals surface area contributed by atoms with Crippen LogP contribution in [0.1, 0.15) is 43.0 Å². The highest BCUT2D eigenvalue weighted by Crippen LogP contribution is 2.57. The van der Waals surface area contributed by atoms with E-state index in [-0.39, 0.29) is 16.7 Å². The van der Waals surface area contributed by atoms with Gasteiger partial charge >= 0.3 is 0 Å². The fourth-order valence-corrected chi connectivity index (χ4v) is 6.61. The van der Waals surface area contributed by atoms with Crippen molar-refractivity contribution in [2.24, 2.45) is 5.92 Å². The summed E-state index contributed by atoms with van der Waals surface area (Å²) in [5.41, 5.74) is 1.66.